The molecule has 0 heterocycles. The molecule has 208 valence electrons. The van der Waals surface area contributed by atoms with E-state index in [1.165, 1.54) is 18.1 Å². The summed E-state index contributed by atoms with van der Waals surface area (Å²) in [5, 5.41) is 45.0. The van der Waals surface area contributed by atoms with Gasteiger partial charge < -0.3 is 30.9 Å². The first-order valence-corrected chi connectivity index (χ1v) is 12.7. The van der Waals surface area contributed by atoms with Crippen molar-refractivity contribution in [3.05, 3.63) is 70.5 Å². The molecule has 0 aromatic heterocycles. The number of aliphatic hydroxyl groups excluding tert-OH is 2. The van der Waals surface area contributed by atoms with Crippen LogP contribution >= 0.6 is 0 Å². The number of hydrogen-bond donors (Lipinski definition) is 5. The number of phenols is 1. The molecule has 4 atom stereocenters. The lowest BCUT2D eigenvalue weighted by atomic mass is 9.57. The molecule has 0 aliphatic heterocycles. The number of nitrogens with two attached hydrogens (primary N) is 1. The number of methoxy groups -OCH3 is 1. The summed E-state index contributed by atoms with van der Waals surface area (Å²) in [5.74, 6) is -6.36. The van der Waals surface area contributed by atoms with Crippen LogP contribution in [0.2, 0.25) is 0 Å². The van der Waals surface area contributed by atoms with Crippen LogP contribution in [-0.4, -0.2) is 75.6 Å². The minimum atomic E-state index is -2.68. The van der Waals surface area contributed by atoms with Crippen molar-refractivity contribution in [1.29, 1.82) is 0 Å². The number of aromatic hydroxyl groups is 1. The van der Waals surface area contributed by atoms with E-state index in [0.29, 0.717) is 22.4 Å². The number of ether oxygens (including phenoxy) is 1. The summed E-state index contributed by atoms with van der Waals surface area (Å²) < 4.78 is 5.58. The Morgan fingerprint density at radius 2 is 1.85 bits per heavy atom. The number of rotatable bonds is 5. The van der Waals surface area contributed by atoms with E-state index in [4.69, 9.17) is 10.5 Å². The summed E-state index contributed by atoms with van der Waals surface area (Å²) in [6.07, 6.45) is 1.85. The fourth-order valence-electron chi connectivity index (χ4n) is 6.56. The molecule has 0 saturated heterocycles. The number of phenolic OH excluding ortho intramolecular Hbond substituents is 1. The normalized spacial score (nSPS) is 25.9. The van der Waals surface area contributed by atoms with Gasteiger partial charge in [-0.25, -0.2) is 0 Å². The number of Topliss-reactive ketones (excluding diaryl/α,β-unsaturated/α-hetero) is 2. The number of amides is 1. The van der Waals surface area contributed by atoms with Crippen LogP contribution in [0.1, 0.15) is 23.1 Å². The number of nitrogens with zero attached hydrogens (tertiary/aromatic N) is 1. The number of ketones is 2. The highest BCUT2D eigenvalue weighted by molar-refractivity contribution is 6.24. The third-order valence-corrected chi connectivity index (χ3v) is 8.35. The Labute approximate surface area is 230 Å². The number of carbonyl (C=O) groups excluding carboxylic acids is 3. The van der Waals surface area contributed by atoms with E-state index in [0.717, 1.165) is 5.56 Å². The van der Waals surface area contributed by atoms with Crippen LogP contribution in [0.15, 0.2) is 53.8 Å². The van der Waals surface area contributed by atoms with Crippen molar-refractivity contribution in [2.24, 2.45) is 17.6 Å². The van der Waals surface area contributed by atoms with Crippen LogP contribution < -0.4 is 10.5 Å². The summed E-state index contributed by atoms with van der Waals surface area (Å²) in [7, 11) is 4.64. The van der Waals surface area contributed by atoms with Gasteiger partial charge in [0.05, 0.1) is 18.7 Å². The zero-order valence-corrected chi connectivity index (χ0v) is 22.3. The van der Waals surface area contributed by atoms with Crippen LogP contribution in [0.5, 0.6) is 11.5 Å². The van der Waals surface area contributed by atoms with Crippen molar-refractivity contribution < 1.29 is 39.5 Å². The number of likely N-dealkylation sites (N-methyl/N-ethyl adjacent to an activating group) is 1. The van der Waals surface area contributed by atoms with Crippen LogP contribution in [0.4, 0.5) is 0 Å². The Morgan fingerprint density at radius 3 is 2.45 bits per heavy atom. The number of carbonyl (C=O) groups is 3. The first-order chi connectivity index (χ1) is 18.9. The third-order valence-electron chi connectivity index (χ3n) is 8.35. The second-order valence-corrected chi connectivity index (χ2v) is 10.6. The van der Waals surface area contributed by atoms with E-state index in [9.17, 15) is 34.8 Å². The fraction of sp³-hybridized carbons (Fsp3) is 0.300. The predicted octanol–water partition coefficient (Wildman–Crippen LogP) is 2.28. The van der Waals surface area contributed by atoms with Gasteiger partial charge in [0.2, 0.25) is 5.78 Å². The molecule has 3 aliphatic rings. The molecule has 1 amide bonds. The van der Waals surface area contributed by atoms with Gasteiger partial charge in [-0.2, -0.15) is 0 Å². The van der Waals surface area contributed by atoms with E-state index in [2.05, 4.69) is 6.58 Å². The molecule has 40 heavy (non-hydrogen) atoms. The summed E-state index contributed by atoms with van der Waals surface area (Å²) in [4.78, 5) is 40.8. The van der Waals surface area contributed by atoms with Crippen molar-refractivity contribution in [2.75, 3.05) is 21.2 Å². The maximum absolute atomic E-state index is 14.0. The molecule has 3 aliphatic carbocycles. The van der Waals surface area contributed by atoms with E-state index in [1.54, 1.807) is 32.3 Å². The first-order valence-electron chi connectivity index (χ1n) is 12.7. The van der Waals surface area contributed by atoms with Crippen molar-refractivity contribution in [1.82, 2.24) is 4.90 Å². The quantitative estimate of drug-likeness (QED) is 0.353. The van der Waals surface area contributed by atoms with Crippen molar-refractivity contribution >= 4 is 29.3 Å². The van der Waals surface area contributed by atoms with Crippen molar-refractivity contribution in [3.63, 3.8) is 0 Å². The predicted molar refractivity (Wildman–Crippen MR) is 146 cm³/mol. The van der Waals surface area contributed by atoms with E-state index in [-0.39, 0.29) is 29.7 Å². The van der Waals surface area contributed by atoms with Gasteiger partial charge in [0.25, 0.3) is 5.91 Å². The zero-order chi connectivity index (χ0) is 29.3. The lowest BCUT2D eigenvalue weighted by molar-refractivity contribution is -0.153. The molecule has 10 heteroatoms. The summed E-state index contributed by atoms with van der Waals surface area (Å²) in [5.41, 5.74) is 4.34. The number of fused-ring (bicyclic) bond motifs is 3. The Bertz CT molecular complexity index is 1570. The highest BCUT2D eigenvalue weighted by Gasteiger charge is 2.64. The molecular formula is C30H30N2O8. The second-order valence-electron chi connectivity index (χ2n) is 10.6. The average Bonchev–Trinajstić information content (AvgIpc) is 2.90. The molecule has 10 nitrogen and oxygen atoms in total. The second kappa shape index (κ2) is 9.35. The molecule has 1 fully saturated rings. The maximum Gasteiger partial charge on any atom is 0.255 e. The lowest BCUT2D eigenvalue weighted by Gasteiger charge is -2.50. The van der Waals surface area contributed by atoms with Crippen LogP contribution in [0, 0.1) is 11.8 Å². The van der Waals surface area contributed by atoms with Crippen molar-refractivity contribution in [2.45, 2.75) is 24.5 Å². The number of benzene rings is 2. The van der Waals surface area contributed by atoms with Crippen LogP contribution in [-0.2, 0) is 20.8 Å². The average molecular weight is 547 g/mol. The monoisotopic (exact) mass is 546 g/mol. The van der Waals surface area contributed by atoms with Gasteiger partial charge in [0.1, 0.15) is 28.6 Å². The summed E-state index contributed by atoms with van der Waals surface area (Å²) in [6, 6.07) is 7.40. The van der Waals surface area contributed by atoms with Gasteiger partial charge in [-0.05, 0) is 67.7 Å². The van der Waals surface area contributed by atoms with Gasteiger partial charge in [-0.1, -0.05) is 24.8 Å². The number of primary amides is 1. The standard InChI is InChI=1S/C30H30N2O8/c1-5-13-6-9-20(40-4)16(10-13)15-7-8-19(33)22-17(15)11-14-12-18-24(32(2)3)26(35)23(29(31)38)28(37)30(18,39)27(36)21(14)25(22)34/h5-10,14,18,24,33-34,37,39H,1,11-12H2,2-4H3,(H2,31,38)/t14-,18-,24+,30-/m0/s1. The third kappa shape index (κ3) is 3.60. The summed E-state index contributed by atoms with van der Waals surface area (Å²) in [6.45, 7) is 3.82. The van der Waals surface area contributed by atoms with Gasteiger partial charge in [-0.3, -0.25) is 19.3 Å². The lowest BCUT2D eigenvalue weighted by Crippen LogP contribution is -2.65. The van der Waals surface area contributed by atoms with Gasteiger partial charge >= 0.3 is 0 Å². The molecule has 6 N–H and O–H groups in total. The molecule has 1 saturated carbocycles. The Kier molecular flexibility index (Phi) is 6.35. The van der Waals surface area contributed by atoms with Gasteiger partial charge in [-0.15, -0.1) is 0 Å². The highest BCUT2D eigenvalue weighted by Crippen LogP contribution is 2.54. The molecule has 0 radical (unpaired) electrons. The molecule has 2 aromatic rings. The molecule has 0 bridgehead atoms. The molecule has 5 rings (SSSR count). The Morgan fingerprint density at radius 1 is 1.15 bits per heavy atom. The maximum atomic E-state index is 14.0. The SMILES string of the molecule is C=Cc1ccc(OC)c(-c2ccc(O)c3c2C[C@H]2C[C@H]4[C@@H](N(C)C)C(=O)C(C(N)=O)=C(O)[C@@]4(O)C(=O)C2=C3O)c1. The Hall–Kier alpha value is -4.41. The topological polar surface area (TPSA) is 171 Å². The van der Waals surface area contributed by atoms with E-state index >= 15 is 0 Å². The zero-order valence-electron chi connectivity index (χ0n) is 22.3. The van der Waals surface area contributed by atoms with E-state index < -0.39 is 58.0 Å². The molecular weight excluding hydrogens is 516 g/mol. The molecule has 2 aromatic carbocycles. The van der Waals surface area contributed by atoms with Gasteiger partial charge in [0.15, 0.2) is 11.4 Å². The number of aliphatic hydroxyl groups is 3. The number of hydrogen-bond acceptors (Lipinski definition) is 9. The Balaban J connectivity index is 1.76. The van der Waals surface area contributed by atoms with E-state index in [1.807, 2.05) is 12.1 Å². The molecule has 0 spiro atoms. The molecule has 0 unspecified atom stereocenters. The minimum Gasteiger partial charge on any atom is -0.508 e. The van der Waals surface area contributed by atoms with Crippen LogP contribution in [0.25, 0.3) is 23.0 Å². The summed E-state index contributed by atoms with van der Waals surface area (Å²) >= 11 is 0. The fourth-order valence-corrected chi connectivity index (χ4v) is 6.56. The largest absolute Gasteiger partial charge is 0.508 e. The van der Waals surface area contributed by atoms with Gasteiger partial charge in [0, 0.05) is 17.1 Å². The van der Waals surface area contributed by atoms with Crippen LogP contribution in [0.3, 0.4) is 0 Å². The smallest absolute Gasteiger partial charge is 0.255 e. The highest BCUT2D eigenvalue weighted by atomic mass is 16.5. The first kappa shape index (κ1) is 27.2. The minimum absolute atomic E-state index is 0.00465. The van der Waals surface area contributed by atoms with Crippen molar-refractivity contribution in [3.8, 4) is 22.6 Å².